The van der Waals surface area contributed by atoms with Crippen molar-refractivity contribution < 1.29 is 14.4 Å². The number of aromatic nitrogens is 2. The van der Waals surface area contributed by atoms with Crippen molar-refractivity contribution in [1.29, 1.82) is 0 Å². The smallest absolute Gasteiger partial charge is 0.262 e. The second-order valence-electron chi connectivity index (χ2n) is 6.26. The summed E-state index contributed by atoms with van der Waals surface area (Å²) in [6.07, 6.45) is 5.31. The molecule has 0 bridgehead atoms. The first-order chi connectivity index (χ1) is 12.6. The minimum atomic E-state index is -0.475. The largest absolute Gasteiger partial charge is 0.341 e. The fraction of sp³-hybridized carbons (Fsp3) is 0.278. The van der Waals surface area contributed by atoms with Crippen molar-refractivity contribution >= 4 is 29.4 Å². The highest BCUT2D eigenvalue weighted by molar-refractivity contribution is 6.22. The van der Waals surface area contributed by atoms with Gasteiger partial charge in [-0.25, -0.2) is 9.97 Å². The molecule has 2 aliphatic heterocycles. The second-order valence-corrected chi connectivity index (χ2v) is 6.26. The number of benzene rings is 1. The third-order valence-electron chi connectivity index (χ3n) is 4.49. The number of fused-ring (bicyclic) bond motifs is 1. The fourth-order valence-electron chi connectivity index (χ4n) is 3.19. The lowest BCUT2D eigenvalue weighted by atomic mass is 10.1. The summed E-state index contributed by atoms with van der Waals surface area (Å²) < 4.78 is 0. The van der Waals surface area contributed by atoms with Crippen LogP contribution in [0.25, 0.3) is 0 Å². The van der Waals surface area contributed by atoms with Crippen LogP contribution in [0.4, 0.5) is 11.6 Å². The van der Waals surface area contributed by atoms with Crippen molar-refractivity contribution in [2.75, 3.05) is 29.9 Å². The maximum absolute atomic E-state index is 12.3. The first-order valence-electron chi connectivity index (χ1n) is 8.45. The maximum Gasteiger partial charge on any atom is 0.262 e. The second kappa shape index (κ2) is 6.55. The lowest BCUT2D eigenvalue weighted by Crippen LogP contribution is -2.37. The number of amides is 3. The topological polar surface area (TPSA) is 95.5 Å². The molecule has 0 atom stereocenters. The number of nitrogens with zero attached hydrogens (tertiary/aromatic N) is 4. The van der Waals surface area contributed by atoms with Gasteiger partial charge in [0.25, 0.3) is 11.8 Å². The van der Waals surface area contributed by atoms with Crippen LogP contribution < -0.4 is 10.2 Å². The minimum absolute atomic E-state index is 0.323. The van der Waals surface area contributed by atoms with Crippen LogP contribution in [0.5, 0.6) is 0 Å². The predicted molar refractivity (Wildman–Crippen MR) is 93.9 cm³/mol. The highest BCUT2D eigenvalue weighted by Crippen LogP contribution is 2.22. The van der Waals surface area contributed by atoms with E-state index in [0.29, 0.717) is 22.8 Å². The zero-order valence-electron chi connectivity index (χ0n) is 14.0. The molecule has 2 aliphatic rings. The van der Waals surface area contributed by atoms with Gasteiger partial charge in [-0.1, -0.05) is 12.1 Å². The Balaban J connectivity index is 1.40. The average Bonchev–Trinajstić information content (AvgIpc) is 3.27. The summed E-state index contributed by atoms with van der Waals surface area (Å²) in [7, 11) is 0. The van der Waals surface area contributed by atoms with Gasteiger partial charge >= 0.3 is 0 Å². The molecule has 0 aliphatic carbocycles. The van der Waals surface area contributed by atoms with Crippen LogP contribution >= 0.6 is 0 Å². The Labute approximate surface area is 149 Å². The lowest BCUT2D eigenvalue weighted by molar-refractivity contribution is -0.116. The first kappa shape index (κ1) is 16.2. The molecule has 3 heterocycles. The molecule has 3 amide bonds. The first-order valence-corrected chi connectivity index (χ1v) is 8.45. The molecule has 2 aromatic rings. The number of rotatable bonds is 4. The minimum Gasteiger partial charge on any atom is -0.341 e. The van der Waals surface area contributed by atoms with Crippen LogP contribution in [-0.4, -0.2) is 52.2 Å². The Hall–Kier alpha value is -3.29. The lowest BCUT2D eigenvalue weighted by Gasteiger charge is -2.15. The van der Waals surface area contributed by atoms with Crippen LogP contribution in [0, 0.1) is 0 Å². The number of anilines is 2. The van der Waals surface area contributed by atoms with Crippen molar-refractivity contribution in [2.24, 2.45) is 0 Å². The normalized spacial score (nSPS) is 16.2. The zero-order valence-corrected chi connectivity index (χ0v) is 14.0. The number of carbonyl (C=O) groups is 3. The molecule has 0 unspecified atom stereocenters. The SMILES string of the molecule is O=C(CN1C(=O)c2ccccc2C1=O)Nc1cnc(N2CCCC2)nc1. The van der Waals surface area contributed by atoms with E-state index in [1.807, 2.05) is 0 Å². The molecule has 1 N–H and O–H groups in total. The van der Waals surface area contributed by atoms with Crippen molar-refractivity contribution in [3.63, 3.8) is 0 Å². The van der Waals surface area contributed by atoms with E-state index in [9.17, 15) is 14.4 Å². The third kappa shape index (κ3) is 2.90. The Morgan fingerprint density at radius 1 is 1.00 bits per heavy atom. The van der Waals surface area contributed by atoms with E-state index in [1.165, 1.54) is 12.4 Å². The highest BCUT2D eigenvalue weighted by Gasteiger charge is 2.36. The quantitative estimate of drug-likeness (QED) is 0.835. The molecule has 8 heteroatoms. The monoisotopic (exact) mass is 351 g/mol. The Kier molecular flexibility index (Phi) is 4.08. The highest BCUT2D eigenvalue weighted by atomic mass is 16.2. The van der Waals surface area contributed by atoms with Gasteiger partial charge in [0.2, 0.25) is 11.9 Å². The molecular weight excluding hydrogens is 334 g/mol. The van der Waals surface area contributed by atoms with Crippen molar-refractivity contribution in [3.05, 3.63) is 47.8 Å². The summed E-state index contributed by atoms with van der Waals surface area (Å²) in [5.41, 5.74) is 1.07. The van der Waals surface area contributed by atoms with Gasteiger partial charge in [-0.15, -0.1) is 0 Å². The van der Waals surface area contributed by atoms with E-state index in [4.69, 9.17) is 0 Å². The number of hydrogen-bond acceptors (Lipinski definition) is 6. The van der Waals surface area contributed by atoms with Gasteiger partial charge in [0.05, 0.1) is 29.2 Å². The molecule has 0 spiro atoms. The third-order valence-corrected chi connectivity index (χ3v) is 4.49. The van der Waals surface area contributed by atoms with Crippen molar-refractivity contribution in [2.45, 2.75) is 12.8 Å². The standard InChI is InChI=1S/C18H17N5O3/c24-15(11-23-16(25)13-5-1-2-6-14(13)17(23)26)21-12-9-19-18(20-10-12)22-7-3-4-8-22/h1-2,5-6,9-10H,3-4,7-8,11H2,(H,21,24). The van der Waals surface area contributed by atoms with E-state index < -0.39 is 17.7 Å². The van der Waals surface area contributed by atoms with Gasteiger partial charge < -0.3 is 10.2 Å². The van der Waals surface area contributed by atoms with Gasteiger partial charge in [0.1, 0.15) is 6.54 Å². The van der Waals surface area contributed by atoms with Gasteiger partial charge in [-0.3, -0.25) is 19.3 Å². The zero-order chi connectivity index (χ0) is 18.1. The number of nitrogens with one attached hydrogen (secondary N) is 1. The molecular formula is C18H17N5O3. The van der Waals surface area contributed by atoms with Gasteiger partial charge in [-0.05, 0) is 25.0 Å². The molecule has 0 saturated carbocycles. The summed E-state index contributed by atoms with van der Waals surface area (Å²) in [5, 5.41) is 2.63. The fourth-order valence-corrected chi connectivity index (χ4v) is 3.19. The molecule has 8 nitrogen and oxygen atoms in total. The summed E-state index contributed by atoms with van der Waals surface area (Å²) in [6, 6.07) is 6.54. The Morgan fingerprint density at radius 3 is 2.15 bits per heavy atom. The van der Waals surface area contributed by atoms with E-state index in [1.54, 1.807) is 24.3 Å². The number of hydrogen-bond donors (Lipinski definition) is 1. The summed E-state index contributed by atoms with van der Waals surface area (Å²) in [4.78, 5) is 48.3. The Morgan fingerprint density at radius 2 is 1.58 bits per heavy atom. The van der Waals surface area contributed by atoms with E-state index in [2.05, 4.69) is 20.2 Å². The molecule has 1 saturated heterocycles. The van der Waals surface area contributed by atoms with Crippen LogP contribution in [0.15, 0.2) is 36.7 Å². The molecule has 4 rings (SSSR count). The Bertz CT molecular complexity index is 840. The number of imide groups is 1. The number of carbonyl (C=O) groups excluding carboxylic acids is 3. The van der Waals surface area contributed by atoms with E-state index >= 15 is 0 Å². The summed E-state index contributed by atoms with van der Waals surface area (Å²) >= 11 is 0. The van der Waals surface area contributed by atoms with Crippen LogP contribution in [0.2, 0.25) is 0 Å². The molecule has 1 fully saturated rings. The molecule has 1 aromatic carbocycles. The molecule has 1 aromatic heterocycles. The summed E-state index contributed by atoms with van der Waals surface area (Å²) in [5.74, 6) is -0.749. The van der Waals surface area contributed by atoms with Crippen molar-refractivity contribution in [1.82, 2.24) is 14.9 Å². The molecule has 26 heavy (non-hydrogen) atoms. The summed E-state index contributed by atoms with van der Waals surface area (Å²) in [6.45, 7) is 1.52. The molecule has 0 radical (unpaired) electrons. The van der Waals surface area contributed by atoms with E-state index in [-0.39, 0.29) is 6.54 Å². The van der Waals surface area contributed by atoms with Crippen LogP contribution in [0.1, 0.15) is 33.6 Å². The maximum atomic E-state index is 12.3. The van der Waals surface area contributed by atoms with Gasteiger partial charge in [0, 0.05) is 13.1 Å². The molecule has 132 valence electrons. The van der Waals surface area contributed by atoms with Crippen LogP contribution in [-0.2, 0) is 4.79 Å². The predicted octanol–water partition coefficient (Wildman–Crippen LogP) is 1.31. The average molecular weight is 351 g/mol. The van der Waals surface area contributed by atoms with Crippen molar-refractivity contribution in [3.8, 4) is 0 Å². The van der Waals surface area contributed by atoms with Gasteiger partial charge in [0.15, 0.2) is 0 Å². The van der Waals surface area contributed by atoms with Crippen LogP contribution in [0.3, 0.4) is 0 Å². The van der Waals surface area contributed by atoms with Gasteiger partial charge in [-0.2, -0.15) is 0 Å². The van der Waals surface area contributed by atoms with E-state index in [0.717, 1.165) is 30.8 Å².